The molecule has 182 valence electrons. The van der Waals surface area contributed by atoms with Gasteiger partial charge in [0.15, 0.2) is 0 Å². The fourth-order valence-electron chi connectivity index (χ4n) is 4.38. The average molecular weight is 463 g/mol. The van der Waals surface area contributed by atoms with Gasteiger partial charge in [0.25, 0.3) is 0 Å². The van der Waals surface area contributed by atoms with Crippen LogP contribution in [0.25, 0.3) is 27.8 Å². The van der Waals surface area contributed by atoms with E-state index in [2.05, 4.69) is 123 Å². The second kappa shape index (κ2) is 15.5. The molecule has 0 atom stereocenters. The van der Waals surface area contributed by atoms with E-state index in [0.717, 1.165) is 19.3 Å². The zero-order chi connectivity index (χ0) is 25.5. The predicted octanol–water partition coefficient (Wildman–Crippen LogP) is 11.1. The van der Waals surface area contributed by atoms with Crippen molar-refractivity contribution in [3.05, 3.63) is 126 Å². The van der Waals surface area contributed by atoms with E-state index in [-0.39, 0.29) is 0 Å². The largest absolute Gasteiger partial charge is 0.0842 e. The van der Waals surface area contributed by atoms with Crippen molar-refractivity contribution >= 4 is 5.57 Å². The highest BCUT2D eigenvalue weighted by molar-refractivity contribution is 5.91. The van der Waals surface area contributed by atoms with E-state index in [9.17, 15) is 0 Å². The van der Waals surface area contributed by atoms with Gasteiger partial charge in [0.2, 0.25) is 0 Å². The lowest BCUT2D eigenvalue weighted by atomic mass is 9.84. The van der Waals surface area contributed by atoms with Gasteiger partial charge in [-0.2, -0.15) is 0 Å². The molecule has 0 radical (unpaired) electrons. The zero-order valence-corrected chi connectivity index (χ0v) is 22.5. The molecule has 0 aliphatic heterocycles. The van der Waals surface area contributed by atoms with Crippen LogP contribution in [0.3, 0.4) is 0 Å². The third-order valence-corrected chi connectivity index (χ3v) is 5.84. The summed E-state index contributed by atoms with van der Waals surface area (Å²) in [6, 6.07) is 28.4. The first-order valence-electron chi connectivity index (χ1n) is 13.3. The molecule has 0 heteroatoms. The number of hydrogen-bond acceptors (Lipinski definition) is 0. The first kappa shape index (κ1) is 27.9. The van der Waals surface area contributed by atoms with Crippen LogP contribution in [0.1, 0.15) is 66.4 Å². The van der Waals surface area contributed by atoms with Crippen molar-refractivity contribution in [1.29, 1.82) is 0 Å². The molecule has 0 saturated carbocycles. The van der Waals surface area contributed by atoms with Gasteiger partial charge in [-0.25, -0.2) is 0 Å². The van der Waals surface area contributed by atoms with Crippen LogP contribution in [-0.4, -0.2) is 0 Å². The quantitative estimate of drug-likeness (QED) is 0.319. The van der Waals surface area contributed by atoms with E-state index in [1.807, 2.05) is 27.7 Å². The molecule has 0 bridgehead atoms. The minimum absolute atomic E-state index is 1.01. The van der Waals surface area contributed by atoms with Crippen LogP contribution in [0, 0.1) is 0 Å². The Morgan fingerprint density at radius 1 is 0.743 bits per heavy atom. The Labute approximate surface area is 214 Å². The minimum Gasteiger partial charge on any atom is -0.0842 e. The first-order chi connectivity index (χ1) is 17.3. The van der Waals surface area contributed by atoms with Gasteiger partial charge in [-0.3, -0.25) is 0 Å². The molecule has 0 heterocycles. The molecule has 0 nitrogen and oxygen atoms in total. The highest BCUT2D eigenvalue weighted by Gasteiger charge is 2.16. The summed E-state index contributed by atoms with van der Waals surface area (Å²) in [6.45, 7) is 12.4. The van der Waals surface area contributed by atoms with Gasteiger partial charge in [-0.05, 0) is 76.8 Å². The summed E-state index contributed by atoms with van der Waals surface area (Å²) in [5.41, 5.74) is 10.5. The summed E-state index contributed by atoms with van der Waals surface area (Å²) in [6.07, 6.45) is 14.6. The Balaban J connectivity index is 0.00000103. The Hall–Kier alpha value is -3.38. The van der Waals surface area contributed by atoms with Crippen LogP contribution in [0.15, 0.2) is 120 Å². The predicted molar refractivity (Wildman–Crippen MR) is 158 cm³/mol. The number of rotatable bonds is 6. The highest BCUT2D eigenvalue weighted by Crippen LogP contribution is 2.38. The van der Waals surface area contributed by atoms with Crippen LogP contribution < -0.4 is 0 Å². The molecule has 0 unspecified atom stereocenters. The fraction of sp³-hybridized carbons (Fsp3) is 0.257. The monoisotopic (exact) mass is 462 g/mol. The first-order valence-corrected chi connectivity index (χ1v) is 13.3. The van der Waals surface area contributed by atoms with Crippen molar-refractivity contribution < 1.29 is 0 Å². The molecule has 0 fully saturated rings. The molecule has 3 aromatic rings. The maximum atomic E-state index is 2.38. The van der Waals surface area contributed by atoms with Gasteiger partial charge in [0, 0.05) is 0 Å². The van der Waals surface area contributed by atoms with E-state index < -0.39 is 0 Å². The van der Waals surface area contributed by atoms with Gasteiger partial charge in [0.05, 0.1) is 0 Å². The van der Waals surface area contributed by atoms with Crippen molar-refractivity contribution in [2.75, 3.05) is 0 Å². The van der Waals surface area contributed by atoms with E-state index in [0.29, 0.717) is 0 Å². The topological polar surface area (TPSA) is 0 Å². The molecular weight excluding hydrogens is 420 g/mol. The lowest BCUT2D eigenvalue weighted by molar-refractivity contribution is 0.978. The Morgan fingerprint density at radius 2 is 1.40 bits per heavy atom. The van der Waals surface area contributed by atoms with Crippen LogP contribution >= 0.6 is 0 Å². The molecule has 0 saturated heterocycles. The Morgan fingerprint density at radius 3 is 2.06 bits per heavy atom. The minimum atomic E-state index is 1.01. The molecule has 1 aliphatic carbocycles. The van der Waals surface area contributed by atoms with Crippen molar-refractivity contribution in [1.82, 2.24) is 0 Å². The van der Waals surface area contributed by atoms with E-state index in [1.54, 1.807) is 0 Å². The fourth-order valence-corrected chi connectivity index (χ4v) is 4.38. The Kier molecular flexibility index (Phi) is 12.3. The van der Waals surface area contributed by atoms with Crippen molar-refractivity contribution in [2.45, 2.75) is 60.8 Å². The third-order valence-electron chi connectivity index (χ3n) is 5.84. The molecule has 0 aromatic heterocycles. The molecule has 0 N–H and O–H groups in total. The van der Waals surface area contributed by atoms with Crippen LogP contribution in [0.5, 0.6) is 0 Å². The van der Waals surface area contributed by atoms with Gasteiger partial charge in [-0.15, -0.1) is 0 Å². The molecular formula is C35H42. The molecule has 35 heavy (non-hydrogen) atoms. The molecule has 1 aliphatic rings. The summed E-state index contributed by atoms with van der Waals surface area (Å²) in [4.78, 5) is 0. The third kappa shape index (κ3) is 7.30. The zero-order valence-electron chi connectivity index (χ0n) is 22.5. The normalized spacial score (nSPS) is 13.1. The maximum absolute atomic E-state index is 2.38. The van der Waals surface area contributed by atoms with Gasteiger partial charge < -0.3 is 0 Å². The van der Waals surface area contributed by atoms with Crippen molar-refractivity contribution in [2.24, 2.45) is 0 Å². The summed E-state index contributed by atoms with van der Waals surface area (Å²) in [7, 11) is 0. The van der Waals surface area contributed by atoms with Crippen molar-refractivity contribution in [3.8, 4) is 22.3 Å². The lowest BCUT2D eigenvalue weighted by Gasteiger charge is -2.20. The van der Waals surface area contributed by atoms with Crippen LogP contribution in [0.4, 0.5) is 0 Å². The second-order valence-electron chi connectivity index (χ2n) is 7.88. The molecule has 0 amide bonds. The second-order valence-corrected chi connectivity index (χ2v) is 7.88. The Bertz CT molecular complexity index is 1150. The lowest BCUT2D eigenvalue weighted by Crippen LogP contribution is -1.99. The maximum Gasteiger partial charge on any atom is -0.0103 e. The van der Waals surface area contributed by atoms with Crippen LogP contribution in [-0.2, 0) is 0 Å². The highest BCUT2D eigenvalue weighted by atomic mass is 14.2. The van der Waals surface area contributed by atoms with E-state index in [4.69, 9.17) is 0 Å². The number of benzene rings is 3. The van der Waals surface area contributed by atoms with Gasteiger partial charge in [-0.1, -0.05) is 138 Å². The van der Waals surface area contributed by atoms with Gasteiger partial charge in [0.1, 0.15) is 0 Å². The number of allylic oxidation sites excluding steroid dienone is 8. The summed E-state index contributed by atoms with van der Waals surface area (Å²) in [5, 5.41) is 0. The molecule has 3 aromatic carbocycles. The van der Waals surface area contributed by atoms with E-state index >= 15 is 0 Å². The van der Waals surface area contributed by atoms with Gasteiger partial charge >= 0.3 is 0 Å². The van der Waals surface area contributed by atoms with Crippen LogP contribution in [0.2, 0.25) is 0 Å². The summed E-state index contributed by atoms with van der Waals surface area (Å²) in [5.74, 6) is 0. The summed E-state index contributed by atoms with van der Waals surface area (Å²) < 4.78 is 0. The van der Waals surface area contributed by atoms with E-state index in [1.165, 1.54) is 44.5 Å². The average Bonchev–Trinajstić information content (AvgIpc) is 2.96. The molecule has 4 rings (SSSR count). The SMILES string of the molecule is C/C=C(C1=CC=CCC1)\C(=C/CC)c1ccccc1-c1cccc(-c2ccccc2)c1.CC.CC. The summed E-state index contributed by atoms with van der Waals surface area (Å²) >= 11 is 0. The molecule has 0 spiro atoms. The standard InChI is InChI=1S/C31H30.2C2H6/c1-3-14-30(28(4-2)25-17-9-6-10-18-25)31-22-12-11-21-29(31)27-20-13-19-26(23-27)24-15-7-5-8-16-24;2*1-2/h4-9,11-17,19-23H,3,10,18H2,1-2H3;2*1-2H3/b28-4-,30-14+;;. The smallest absolute Gasteiger partial charge is 0.0103 e. The van der Waals surface area contributed by atoms with Crippen molar-refractivity contribution in [3.63, 3.8) is 0 Å². The number of hydrogen-bond donors (Lipinski definition) is 0.